The van der Waals surface area contributed by atoms with E-state index in [0.717, 1.165) is 94.6 Å². The average molecular weight is 843 g/mol. The first kappa shape index (κ1) is 42.5. The van der Waals surface area contributed by atoms with E-state index in [2.05, 4.69) is 88.2 Å². The maximum Gasteiger partial charge on any atom is 0.407 e. The van der Waals surface area contributed by atoms with Gasteiger partial charge in [-0.3, -0.25) is 9.59 Å². The molecule has 4 heterocycles. The second-order valence-electron chi connectivity index (χ2n) is 18.0. The normalized spacial score (nSPS) is 20.2. The summed E-state index contributed by atoms with van der Waals surface area (Å²) < 4.78 is 9.64. The third kappa shape index (κ3) is 8.38. The summed E-state index contributed by atoms with van der Waals surface area (Å²) in [5, 5.41) is 7.70. The van der Waals surface area contributed by atoms with Gasteiger partial charge in [-0.05, 0) is 95.4 Å². The molecule has 3 aromatic carbocycles. The predicted octanol–water partition coefficient (Wildman–Crippen LogP) is 8.54. The van der Waals surface area contributed by atoms with Crippen LogP contribution in [0.5, 0.6) is 0 Å². The van der Waals surface area contributed by atoms with E-state index in [1.165, 1.54) is 14.2 Å². The Labute approximate surface area is 362 Å². The van der Waals surface area contributed by atoms with Crippen LogP contribution >= 0.6 is 0 Å². The molecule has 1 saturated carbocycles. The van der Waals surface area contributed by atoms with Gasteiger partial charge in [0.2, 0.25) is 11.8 Å². The van der Waals surface area contributed by atoms with Gasteiger partial charge in [0.1, 0.15) is 23.7 Å². The number of H-pyrrole nitrogens is 2. The van der Waals surface area contributed by atoms with Crippen LogP contribution in [-0.4, -0.2) is 92.6 Å². The number of amides is 4. The molecule has 2 saturated heterocycles. The lowest BCUT2D eigenvalue weighted by molar-refractivity contribution is -0.138. The van der Waals surface area contributed by atoms with Crippen molar-refractivity contribution in [2.24, 2.45) is 17.3 Å². The lowest BCUT2D eigenvalue weighted by Gasteiger charge is -2.34. The zero-order valence-corrected chi connectivity index (χ0v) is 36.7. The van der Waals surface area contributed by atoms with E-state index in [1.807, 2.05) is 49.9 Å². The molecule has 5 aromatic rings. The number of methoxy groups -OCH3 is 2. The number of carbonyl (C=O) groups is 4. The molecule has 0 bridgehead atoms. The minimum atomic E-state index is -0.702. The number of imidazole rings is 2. The molecule has 1 spiro atoms. The van der Waals surface area contributed by atoms with E-state index < -0.39 is 24.3 Å². The molecule has 326 valence electrons. The molecular weight excluding hydrogens is 785 g/mol. The summed E-state index contributed by atoms with van der Waals surface area (Å²) >= 11 is 0. The number of carbonyl (C=O) groups excluding carboxylic acids is 4. The third-order valence-corrected chi connectivity index (χ3v) is 13.3. The van der Waals surface area contributed by atoms with Crippen molar-refractivity contribution < 1.29 is 28.7 Å². The second-order valence-corrected chi connectivity index (χ2v) is 18.0. The summed E-state index contributed by atoms with van der Waals surface area (Å²) in [6.07, 6.45) is 7.92. The van der Waals surface area contributed by atoms with Gasteiger partial charge < -0.3 is 39.9 Å². The molecule has 5 atom stereocenters. The smallest absolute Gasteiger partial charge is 0.407 e. The topological polar surface area (TPSA) is 175 Å². The van der Waals surface area contributed by atoms with E-state index in [1.54, 1.807) is 0 Å². The number of hydrogen-bond donors (Lipinski definition) is 4. The maximum absolute atomic E-state index is 13.9. The minimum Gasteiger partial charge on any atom is -0.453 e. The first-order valence-corrected chi connectivity index (χ1v) is 21.9. The quantitative estimate of drug-likeness (QED) is 0.0967. The fourth-order valence-electron chi connectivity index (χ4n) is 9.44. The molecule has 3 fully saturated rings. The number of aromatic amines is 2. The summed E-state index contributed by atoms with van der Waals surface area (Å²) in [4.78, 5) is 72.6. The summed E-state index contributed by atoms with van der Waals surface area (Å²) in [6, 6.07) is 19.5. The van der Waals surface area contributed by atoms with Crippen LogP contribution in [0.25, 0.3) is 44.4 Å². The standard InChI is InChI=1S/C48H58N8O6/c1-8-35-17-18-38(56(35)45(58)41(28(4)5)54-47(60)62-7)42-49-24-36(51-42)30-11-9-29(10-12-30)31-13-14-33-22-34(16-15-32(33)21-31)37-25-50-43(52-37)39-23-48(19-20-48)26-55(39)44(57)40(27(2)3)53-46(59)61-6/h9-16,21-22,24-25,27-28,35,38-41H,8,17-20,23,26H2,1-7H3,(H,49,51)(H,50,52)(H,53,59)(H,54,60)/t35-,38+,39+,40+,41+/m1/s1. The minimum absolute atomic E-state index is 0.0530. The van der Waals surface area contributed by atoms with Crippen molar-refractivity contribution in [2.45, 2.75) is 103 Å². The summed E-state index contributed by atoms with van der Waals surface area (Å²) in [6.45, 7) is 10.4. The van der Waals surface area contributed by atoms with Gasteiger partial charge in [0, 0.05) is 18.2 Å². The zero-order chi connectivity index (χ0) is 43.9. The van der Waals surface area contributed by atoms with Gasteiger partial charge in [0.15, 0.2) is 0 Å². The Morgan fingerprint density at radius 1 is 0.710 bits per heavy atom. The number of nitrogens with zero attached hydrogens (tertiary/aromatic N) is 4. The number of hydrogen-bond acceptors (Lipinski definition) is 8. The number of ether oxygens (including phenoxy) is 2. The summed E-state index contributed by atoms with van der Waals surface area (Å²) in [5.41, 5.74) is 6.04. The number of benzene rings is 3. The Bertz CT molecular complexity index is 2450. The Morgan fingerprint density at radius 2 is 1.23 bits per heavy atom. The molecule has 0 unspecified atom stereocenters. The molecule has 1 aliphatic carbocycles. The van der Waals surface area contributed by atoms with Gasteiger partial charge in [-0.25, -0.2) is 19.6 Å². The Balaban J connectivity index is 0.962. The molecule has 4 amide bonds. The number of fused-ring (bicyclic) bond motifs is 1. The average Bonchev–Trinajstić information content (AvgIpc) is 3.78. The molecular formula is C48H58N8O6. The van der Waals surface area contributed by atoms with E-state index in [4.69, 9.17) is 19.4 Å². The van der Waals surface area contributed by atoms with E-state index >= 15 is 0 Å². The van der Waals surface area contributed by atoms with Gasteiger partial charge in [0.25, 0.3) is 0 Å². The van der Waals surface area contributed by atoms with Crippen LogP contribution in [0.3, 0.4) is 0 Å². The zero-order valence-electron chi connectivity index (χ0n) is 36.7. The lowest BCUT2D eigenvalue weighted by Crippen LogP contribution is -2.53. The predicted molar refractivity (Wildman–Crippen MR) is 237 cm³/mol. The highest BCUT2D eigenvalue weighted by Gasteiger charge is 2.55. The first-order valence-electron chi connectivity index (χ1n) is 21.9. The van der Waals surface area contributed by atoms with Gasteiger partial charge in [0.05, 0.1) is 50.1 Å². The molecule has 3 aliphatic rings. The highest BCUT2D eigenvalue weighted by atomic mass is 16.5. The van der Waals surface area contributed by atoms with Crippen LogP contribution in [0.2, 0.25) is 0 Å². The van der Waals surface area contributed by atoms with Crippen LogP contribution in [0, 0.1) is 17.3 Å². The van der Waals surface area contributed by atoms with Gasteiger partial charge in [-0.15, -0.1) is 0 Å². The van der Waals surface area contributed by atoms with Crippen LogP contribution in [-0.2, 0) is 19.1 Å². The Hall–Kier alpha value is -6.18. The first-order chi connectivity index (χ1) is 29.8. The second kappa shape index (κ2) is 17.3. The molecule has 0 radical (unpaired) electrons. The van der Waals surface area contributed by atoms with E-state index in [9.17, 15) is 19.2 Å². The molecule has 8 rings (SSSR count). The monoisotopic (exact) mass is 842 g/mol. The largest absolute Gasteiger partial charge is 0.453 e. The van der Waals surface area contributed by atoms with Crippen molar-refractivity contribution >= 4 is 34.8 Å². The van der Waals surface area contributed by atoms with Gasteiger partial charge >= 0.3 is 12.2 Å². The lowest BCUT2D eigenvalue weighted by atomic mass is 9.98. The highest BCUT2D eigenvalue weighted by Crippen LogP contribution is 2.58. The summed E-state index contributed by atoms with van der Waals surface area (Å²) in [7, 11) is 2.61. The number of likely N-dealkylation sites (tertiary alicyclic amines) is 2. The van der Waals surface area contributed by atoms with Crippen molar-refractivity contribution in [3.05, 3.63) is 84.7 Å². The molecule has 2 aromatic heterocycles. The maximum atomic E-state index is 13.9. The van der Waals surface area contributed by atoms with Crippen molar-refractivity contribution in [2.75, 3.05) is 20.8 Å². The Kier molecular flexibility index (Phi) is 11.9. The fourth-order valence-corrected chi connectivity index (χ4v) is 9.44. The molecule has 4 N–H and O–H groups in total. The highest BCUT2D eigenvalue weighted by molar-refractivity contribution is 5.91. The molecule has 62 heavy (non-hydrogen) atoms. The fraction of sp³-hybridized carbons (Fsp3) is 0.458. The molecule has 14 heteroatoms. The molecule has 2 aliphatic heterocycles. The SMILES string of the molecule is CC[C@@H]1CC[C@@H](c2ncc(-c3ccc(-c4ccc5cc(-c6cnc([C@@H]7CC8(CC8)CN7C(=O)[C@@H](NC(=O)OC)C(C)C)[nH]6)ccc5c4)cc3)[nH]2)N1C(=O)[C@@H](NC(=O)OC)C(C)C. The van der Waals surface area contributed by atoms with Crippen LogP contribution in [0.15, 0.2) is 73.1 Å². The van der Waals surface area contributed by atoms with Crippen molar-refractivity contribution in [1.29, 1.82) is 0 Å². The van der Waals surface area contributed by atoms with Crippen LogP contribution < -0.4 is 10.6 Å². The van der Waals surface area contributed by atoms with E-state index in [0.29, 0.717) is 6.54 Å². The third-order valence-electron chi connectivity index (χ3n) is 13.3. The van der Waals surface area contributed by atoms with Gasteiger partial charge in [-0.1, -0.05) is 83.1 Å². The number of rotatable bonds is 12. The number of alkyl carbamates (subject to hydrolysis) is 2. The molecule has 14 nitrogen and oxygen atoms in total. The van der Waals surface area contributed by atoms with Gasteiger partial charge in [-0.2, -0.15) is 0 Å². The Morgan fingerprint density at radius 3 is 1.79 bits per heavy atom. The van der Waals surface area contributed by atoms with Crippen molar-refractivity contribution in [3.8, 4) is 33.6 Å². The number of aromatic nitrogens is 4. The van der Waals surface area contributed by atoms with Crippen LogP contribution in [0.4, 0.5) is 9.59 Å². The van der Waals surface area contributed by atoms with Crippen molar-refractivity contribution in [1.82, 2.24) is 40.4 Å². The van der Waals surface area contributed by atoms with Crippen molar-refractivity contribution in [3.63, 3.8) is 0 Å². The number of nitrogens with one attached hydrogen (secondary N) is 4. The van der Waals surface area contributed by atoms with Crippen LogP contribution in [0.1, 0.15) is 96.9 Å². The van der Waals surface area contributed by atoms with E-state index in [-0.39, 0.29) is 47.2 Å². The summed E-state index contributed by atoms with van der Waals surface area (Å²) in [5.74, 6) is 1.04.